The van der Waals surface area contributed by atoms with Crippen LogP contribution < -0.4 is 10.5 Å². The van der Waals surface area contributed by atoms with Crippen LogP contribution in [0.5, 0.6) is 5.75 Å². The molecule has 0 aliphatic rings. The van der Waals surface area contributed by atoms with E-state index in [0.29, 0.717) is 15.6 Å². The summed E-state index contributed by atoms with van der Waals surface area (Å²) >= 11 is 6.20. The highest BCUT2D eigenvalue weighted by atomic mass is 32.1. The molecule has 0 bridgehead atoms. The number of likely N-dealkylation sites (N-methyl/N-ethyl adjacent to an activating group) is 1. The molecule has 1 aromatic rings. The molecule has 6 heteroatoms. The number of nitrogens with zero attached hydrogens (tertiary/aromatic N) is 1. The van der Waals surface area contributed by atoms with E-state index in [4.69, 9.17) is 22.7 Å². The first-order chi connectivity index (χ1) is 7.49. The average Bonchev–Trinajstić information content (AvgIpc) is 2.73. The van der Waals surface area contributed by atoms with Crippen molar-refractivity contribution in [3.05, 3.63) is 16.3 Å². The lowest BCUT2D eigenvalue weighted by Crippen LogP contribution is -2.42. The fraction of sp³-hybridized carbons (Fsp3) is 0.400. The van der Waals surface area contributed by atoms with Crippen LogP contribution in [0.3, 0.4) is 0 Å². The molecule has 1 atom stereocenters. The second kappa shape index (κ2) is 5.27. The predicted molar refractivity (Wildman–Crippen MR) is 69.2 cm³/mol. The van der Waals surface area contributed by atoms with E-state index >= 15 is 0 Å². The Morgan fingerprint density at radius 3 is 2.81 bits per heavy atom. The number of amides is 1. The second-order valence-electron chi connectivity index (χ2n) is 3.31. The number of methoxy groups -OCH3 is 1. The summed E-state index contributed by atoms with van der Waals surface area (Å²) in [5.41, 5.74) is 5.51. The summed E-state index contributed by atoms with van der Waals surface area (Å²) in [5.74, 6) is 0.448. The molecule has 0 saturated carbocycles. The van der Waals surface area contributed by atoms with Crippen molar-refractivity contribution in [2.45, 2.75) is 13.0 Å². The van der Waals surface area contributed by atoms with Crippen LogP contribution in [0.25, 0.3) is 0 Å². The molecule has 1 heterocycles. The monoisotopic (exact) mass is 258 g/mol. The van der Waals surface area contributed by atoms with E-state index < -0.39 is 0 Å². The van der Waals surface area contributed by atoms with E-state index in [1.165, 1.54) is 23.3 Å². The van der Waals surface area contributed by atoms with Gasteiger partial charge in [0.25, 0.3) is 5.91 Å². The van der Waals surface area contributed by atoms with Gasteiger partial charge in [0.2, 0.25) is 0 Å². The average molecular weight is 258 g/mol. The van der Waals surface area contributed by atoms with Crippen LogP contribution >= 0.6 is 23.6 Å². The summed E-state index contributed by atoms with van der Waals surface area (Å²) in [5, 5.41) is 1.81. The van der Waals surface area contributed by atoms with Crippen molar-refractivity contribution < 1.29 is 9.53 Å². The number of carbonyl (C=O) groups excluding carboxylic acids is 1. The fourth-order valence-corrected chi connectivity index (χ4v) is 2.14. The van der Waals surface area contributed by atoms with Gasteiger partial charge in [0.15, 0.2) is 0 Å². The maximum absolute atomic E-state index is 12.1. The molecule has 16 heavy (non-hydrogen) atoms. The van der Waals surface area contributed by atoms with Gasteiger partial charge in [0.05, 0.1) is 18.1 Å². The summed E-state index contributed by atoms with van der Waals surface area (Å²) in [6.07, 6.45) is 0. The van der Waals surface area contributed by atoms with Crippen molar-refractivity contribution in [1.29, 1.82) is 0 Å². The number of thiocarbonyl (C=S) groups is 1. The summed E-state index contributed by atoms with van der Waals surface area (Å²) in [4.78, 5) is 14.4. The minimum Gasteiger partial charge on any atom is -0.495 e. The first-order valence-corrected chi connectivity index (χ1v) is 5.95. The Hall–Kier alpha value is -1.14. The molecule has 4 nitrogen and oxygen atoms in total. The normalized spacial score (nSPS) is 11.9. The van der Waals surface area contributed by atoms with Gasteiger partial charge in [-0.2, -0.15) is 0 Å². The van der Waals surface area contributed by atoms with Crippen molar-refractivity contribution in [3.8, 4) is 5.75 Å². The van der Waals surface area contributed by atoms with Gasteiger partial charge in [-0.15, -0.1) is 11.3 Å². The Labute approximate surface area is 104 Å². The van der Waals surface area contributed by atoms with E-state index in [1.54, 1.807) is 20.0 Å². The molecular weight excluding hydrogens is 244 g/mol. The van der Waals surface area contributed by atoms with Crippen LogP contribution in [0.2, 0.25) is 0 Å². The van der Waals surface area contributed by atoms with Crippen LogP contribution in [-0.2, 0) is 0 Å². The van der Waals surface area contributed by atoms with E-state index in [1.807, 2.05) is 5.38 Å². The number of carbonyl (C=O) groups is 1. The lowest BCUT2D eigenvalue weighted by Gasteiger charge is -2.23. The van der Waals surface area contributed by atoms with Crippen molar-refractivity contribution in [1.82, 2.24) is 4.90 Å². The molecule has 1 rings (SSSR count). The number of ether oxygens (including phenoxy) is 1. The first-order valence-electron chi connectivity index (χ1n) is 4.67. The molecular formula is C10H14N2O2S2. The van der Waals surface area contributed by atoms with Crippen molar-refractivity contribution in [2.24, 2.45) is 5.73 Å². The van der Waals surface area contributed by atoms with Crippen molar-refractivity contribution in [2.75, 3.05) is 14.2 Å². The second-order valence-corrected chi connectivity index (χ2v) is 4.70. The van der Waals surface area contributed by atoms with Gasteiger partial charge < -0.3 is 15.4 Å². The van der Waals surface area contributed by atoms with Crippen molar-refractivity contribution >= 4 is 34.5 Å². The lowest BCUT2D eigenvalue weighted by atomic mass is 10.2. The van der Waals surface area contributed by atoms with E-state index in [-0.39, 0.29) is 11.9 Å². The Morgan fingerprint density at radius 1 is 1.69 bits per heavy atom. The number of hydrogen-bond acceptors (Lipinski definition) is 4. The SMILES string of the molecule is COc1ccsc1C(=O)N(C)C(C)C(N)=S. The third-order valence-corrected chi connectivity index (χ3v) is 3.58. The molecule has 0 aliphatic heterocycles. The standard InChI is InChI=1S/C10H14N2O2S2/c1-6(9(11)15)12(2)10(13)8-7(14-3)4-5-16-8/h4-6H,1-3H3,(H2,11,15). The van der Waals surface area contributed by atoms with Gasteiger partial charge in [-0.1, -0.05) is 12.2 Å². The highest BCUT2D eigenvalue weighted by molar-refractivity contribution is 7.80. The minimum atomic E-state index is -0.269. The molecule has 1 aromatic heterocycles. The van der Waals surface area contributed by atoms with Gasteiger partial charge in [0, 0.05) is 7.05 Å². The smallest absolute Gasteiger partial charge is 0.268 e. The number of hydrogen-bond donors (Lipinski definition) is 1. The van der Waals surface area contributed by atoms with Crippen LogP contribution in [0.4, 0.5) is 0 Å². The maximum atomic E-state index is 12.1. The van der Waals surface area contributed by atoms with Crippen LogP contribution in [0.1, 0.15) is 16.6 Å². The summed E-state index contributed by atoms with van der Waals surface area (Å²) in [6, 6.07) is 1.49. The molecule has 88 valence electrons. The predicted octanol–water partition coefficient (Wildman–Crippen LogP) is 1.50. The maximum Gasteiger partial charge on any atom is 0.268 e. The molecule has 2 N–H and O–H groups in total. The Bertz CT molecular complexity index is 403. The van der Waals surface area contributed by atoms with Gasteiger partial charge in [-0.25, -0.2) is 0 Å². The first kappa shape index (κ1) is 12.9. The van der Waals surface area contributed by atoms with Crippen molar-refractivity contribution in [3.63, 3.8) is 0 Å². The van der Waals surface area contributed by atoms with E-state index in [9.17, 15) is 4.79 Å². The summed E-state index contributed by atoms with van der Waals surface area (Å²) < 4.78 is 5.10. The van der Waals surface area contributed by atoms with Gasteiger partial charge in [0.1, 0.15) is 10.6 Å². The fourth-order valence-electron chi connectivity index (χ4n) is 1.14. The Balaban J connectivity index is 2.90. The van der Waals surface area contributed by atoms with Gasteiger partial charge >= 0.3 is 0 Å². The highest BCUT2D eigenvalue weighted by Gasteiger charge is 2.23. The molecule has 1 amide bonds. The highest BCUT2D eigenvalue weighted by Crippen LogP contribution is 2.26. The molecule has 1 unspecified atom stereocenters. The zero-order chi connectivity index (χ0) is 12.3. The van der Waals surface area contributed by atoms with Crippen LogP contribution in [0.15, 0.2) is 11.4 Å². The quantitative estimate of drug-likeness (QED) is 0.832. The van der Waals surface area contributed by atoms with E-state index in [2.05, 4.69) is 0 Å². The lowest BCUT2D eigenvalue weighted by molar-refractivity contribution is 0.0781. The zero-order valence-corrected chi connectivity index (χ0v) is 11.0. The third-order valence-electron chi connectivity index (χ3n) is 2.36. The topological polar surface area (TPSA) is 55.6 Å². The molecule has 0 aromatic carbocycles. The molecule has 0 saturated heterocycles. The minimum absolute atomic E-state index is 0.132. The van der Waals surface area contributed by atoms with Gasteiger partial charge in [-0.05, 0) is 18.4 Å². The summed E-state index contributed by atoms with van der Waals surface area (Å²) in [6.45, 7) is 1.79. The number of nitrogens with two attached hydrogens (primary N) is 1. The summed E-state index contributed by atoms with van der Waals surface area (Å²) in [7, 11) is 3.21. The van der Waals surface area contributed by atoms with Crippen LogP contribution in [0, 0.1) is 0 Å². The Kier molecular flexibility index (Phi) is 4.26. The largest absolute Gasteiger partial charge is 0.495 e. The number of thiophene rings is 1. The molecule has 0 aliphatic carbocycles. The van der Waals surface area contributed by atoms with Gasteiger partial charge in [-0.3, -0.25) is 4.79 Å². The molecule has 0 radical (unpaired) electrons. The number of rotatable bonds is 4. The Morgan fingerprint density at radius 2 is 2.31 bits per heavy atom. The molecule has 0 fully saturated rings. The third kappa shape index (κ3) is 2.51. The van der Waals surface area contributed by atoms with E-state index in [0.717, 1.165) is 0 Å². The van der Waals surface area contributed by atoms with Crippen LogP contribution in [-0.4, -0.2) is 36.0 Å². The zero-order valence-electron chi connectivity index (χ0n) is 9.39. The molecule has 0 spiro atoms.